The number of fused-ring (bicyclic) bond motifs is 1. The minimum Gasteiger partial charge on any atom is -0.366 e. The SMILES string of the molecule is CC1=C(C(N)=O)C(c2cn(C)nc2C)n2c(sc(=Cc3cccc([N+](=O)[O-])c3)c2=O)=N1. The minimum absolute atomic E-state index is 0.0720. The van der Waals surface area contributed by atoms with Crippen LogP contribution in [0.15, 0.2) is 51.5 Å². The van der Waals surface area contributed by atoms with E-state index in [0.29, 0.717) is 31.9 Å². The number of nitrogens with zero attached hydrogens (tertiary/aromatic N) is 5. The molecular weight excluding hydrogens is 420 g/mol. The van der Waals surface area contributed by atoms with E-state index < -0.39 is 16.9 Å². The van der Waals surface area contributed by atoms with Crippen LogP contribution in [0.1, 0.15) is 29.8 Å². The minimum atomic E-state index is -0.755. The number of non-ortho nitro benzene ring substituents is 1. The molecule has 31 heavy (non-hydrogen) atoms. The second kappa shape index (κ2) is 7.43. The number of primary amides is 1. The molecule has 2 N–H and O–H groups in total. The largest absolute Gasteiger partial charge is 0.366 e. The summed E-state index contributed by atoms with van der Waals surface area (Å²) in [5.74, 6) is -0.664. The number of amides is 1. The van der Waals surface area contributed by atoms with E-state index in [-0.39, 0.29) is 16.8 Å². The molecule has 2 aromatic heterocycles. The van der Waals surface area contributed by atoms with Gasteiger partial charge in [0.2, 0.25) is 5.91 Å². The summed E-state index contributed by atoms with van der Waals surface area (Å²) in [7, 11) is 1.75. The lowest BCUT2D eigenvalue weighted by molar-refractivity contribution is -0.384. The van der Waals surface area contributed by atoms with Crippen LogP contribution in [0.25, 0.3) is 6.08 Å². The van der Waals surface area contributed by atoms with Gasteiger partial charge in [-0.3, -0.25) is 29.0 Å². The normalized spacial score (nSPS) is 16.2. The molecule has 11 heteroatoms. The van der Waals surface area contributed by atoms with Gasteiger partial charge in [0.25, 0.3) is 11.2 Å². The van der Waals surface area contributed by atoms with Crippen LogP contribution in [-0.2, 0) is 11.8 Å². The van der Waals surface area contributed by atoms with Crippen LogP contribution in [0.5, 0.6) is 0 Å². The molecule has 0 bridgehead atoms. The van der Waals surface area contributed by atoms with E-state index in [2.05, 4.69) is 10.1 Å². The van der Waals surface area contributed by atoms with Gasteiger partial charge in [-0.1, -0.05) is 23.5 Å². The molecule has 0 aliphatic carbocycles. The fourth-order valence-corrected chi connectivity index (χ4v) is 4.74. The van der Waals surface area contributed by atoms with Gasteiger partial charge in [-0.05, 0) is 25.5 Å². The molecule has 0 spiro atoms. The number of carbonyl (C=O) groups is 1. The van der Waals surface area contributed by atoms with Crippen molar-refractivity contribution in [2.45, 2.75) is 19.9 Å². The monoisotopic (exact) mass is 438 g/mol. The summed E-state index contributed by atoms with van der Waals surface area (Å²) < 4.78 is 3.38. The standard InChI is InChI=1S/C20H18N6O4S/c1-10-14(9-24(3)23-10)17-16(18(21)27)11(2)22-20-25(17)19(28)15(31-20)8-12-5-4-6-13(7-12)26(29)30/h4-9,17H,1-3H3,(H2,21,27). The maximum atomic E-state index is 13.4. The second-order valence-corrected chi connectivity index (χ2v) is 8.15. The lowest BCUT2D eigenvalue weighted by Gasteiger charge is -2.23. The predicted molar refractivity (Wildman–Crippen MR) is 114 cm³/mol. The van der Waals surface area contributed by atoms with Gasteiger partial charge in [-0.2, -0.15) is 5.10 Å². The van der Waals surface area contributed by atoms with E-state index in [1.54, 1.807) is 50.0 Å². The lowest BCUT2D eigenvalue weighted by Crippen LogP contribution is -2.40. The zero-order chi connectivity index (χ0) is 22.4. The van der Waals surface area contributed by atoms with Gasteiger partial charge in [0.15, 0.2) is 4.80 Å². The first-order chi connectivity index (χ1) is 14.7. The van der Waals surface area contributed by atoms with Gasteiger partial charge in [0.1, 0.15) is 6.04 Å². The van der Waals surface area contributed by atoms with E-state index in [1.807, 2.05) is 0 Å². The molecule has 0 saturated heterocycles. The van der Waals surface area contributed by atoms with Crippen LogP contribution in [0.4, 0.5) is 5.69 Å². The van der Waals surface area contributed by atoms with Gasteiger partial charge in [0, 0.05) is 30.9 Å². The number of benzene rings is 1. The quantitative estimate of drug-likeness (QED) is 0.471. The van der Waals surface area contributed by atoms with Gasteiger partial charge in [0.05, 0.1) is 26.4 Å². The van der Waals surface area contributed by atoms with Crippen molar-refractivity contribution in [1.29, 1.82) is 0 Å². The summed E-state index contributed by atoms with van der Waals surface area (Å²) in [6.45, 7) is 3.47. The first-order valence-electron chi connectivity index (χ1n) is 9.24. The Morgan fingerprint density at radius 3 is 2.71 bits per heavy atom. The van der Waals surface area contributed by atoms with Crippen LogP contribution < -0.4 is 20.6 Å². The Labute approximate surface area is 179 Å². The fraction of sp³-hybridized carbons (Fsp3) is 0.200. The van der Waals surface area contributed by atoms with Crippen LogP contribution >= 0.6 is 11.3 Å². The van der Waals surface area contributed by atoms with Gasteiger partial charge in [-0.25, -0.2) is 4.99 Å². The van der Waals surface area contributed by atoms with Crippen molar-refractivity contribution in [3.8, 4) is 0 Å². The summed E-state index contributed by atoms with van der Waals surface area (Å²) in [4.78, 5) is 41.1. The number of allylic oxidation sites excluding steroid dienone is 1. The lowest BCUT2D eigenvalue weighted by atomic mass is 9.96. The van der Waals surface area contributed by atoms with Gasteiger partial charge in [-0.15, -0.1) is 0 Å². The molecule has 1 amide bonds. The summed E-state index contributed by atoms with van der Waals surface area (Å²) in [6, 6.07) is 5.24. The number of hydrogen-bond donors (Lipinski definition) is 1. The van der Waals surface area contributed by atoms with E-state index in [1.165, 1.54) is 16.7 Å². The summed E-state index contributed by atoms with van der Waals surface area (Å²) in [5, 5.41) is 15.4. The predicted octanol–water partition coefficient (Wildman–Crippen LogP) is 0.671. The van der Waals surface area contributed by atoms with Crippen molar-refractivity contribution in [1.82, 2.24) is 14.3 Å². The first kappa shape index (κ1) is 20.4. The highest BCUT2D eigenvalue weighted by molar-refractivity contribution is 7.07. The summed E-state index contributed by atoms with van der Waals surface area (Å²) in [6.07, 6.45) is 3.33. The number of aromatic nitrogens is 3. The summed E-state index contributed by atoms with van der Waals surface area (Å²) in [5.41, 5.74) is 7.73. The van der Waals surface area contributed by atoms with Crippen molar-refractivity contribution in [3.05, 3.63) is 88.4 Å². The molecule has 1 aromatic carbocycles. The molecule has 158 valence electrons. The van der Waals surface area contributed by atoms with E-state index in [4.69, 9.17) is 5.73 Å². The van der Waals surface area contributed by atoms with Crippen LogP contribution in [0.2, 0.25) is 0 Å². The van der Waals surface area contributed by atoms with Crippen molar-refractivity contribution in [2.75, 3.05) is 0 Å². The highest BCUT2D eigenvalue weighted by Gasteiger charge is 2.33. The first-order valence-corrected chi connectivity index (χ1v) is 10.1. The molecule has 1 aliphatic heterocycles. The van der Waals surface area contributed by atoms with Crippen molar-refractivity contribution >= 4 is 29.0 Å². The van der Waals surface area contributed by atoms with Crippen LogP contribution in [0, 0.1) is 17.0 Å². The van der Waals surface area contributed by atoms with E-state index >= 15 is 0 Å². The molecule has 1 aliphatic rings. The number of nitro benzene ring substituents is 1. The Bertz CT molecular complexity index is 1460. The molecule has 1 unspecified atom stereocenters. The number of nitrogens with two attached hydrogens (primary N) is 1. The number of aryl methyl sites for hydroxylation is 2. The Balaban J connectivity index is 1.98. The Morgan fingerprint density at radius 1 is 1.35 bits per heavy atom. The third kappa shape index (κ3) is 3.48. The average molecular weight is 438 g/mol. The topological polar surface area (TPSA) is 138 Å². The highest BCUT2D eigenvalue weighted by atomic mass is 32.1. The van der Waals surface area contributed by atoms with Crippen molar-refractivity contribution in [2.24, 2.45) is 17.8 Å². The molecule has 0 fully saturated rings. The molecular formula is C20H18N6O4S. The molecule has 10 nitrogen and oxygen atoms in total. The zero-order valence-corrected chi connectivity index (χ0v) is 17.7. The number of hydrogen-bond acceptors (Lipinski definition) is 7. The van der Waals surface area contributed by atoms with Crippen molar-refractivity contribution in [3.63, 3.8) is 0 Å². The van der Waals surface area contributed by atoms with E-state index in [9.17, 15) is 19.7 Å². The number of nitro groups is 1. The maximum Gasteiger partial charge on any atom is 0.271 e. The average Bonchev–Trinajstić information content (AvgIpc) is 3.18. The number of carbonyl (C=O) groups excluding carboxylic acids is 1. The number of thiazole rings is 1. The van der Waals surface area contributed by atoms with E-state index in [0.717, 1.165) is 11.3 Å². The van der Waals surface area contributed by atoms with Crippen LogP contribution in [0.3, 0.4) is 0 Å². The smallest absolute Gasteiger partial charge is 0.271 e. The third-order valence-corrected chi connectivity index (χ3v) is 5.99. The Hall–Kier alpha value is -3.86. The fourth-order valence-electron chi connectivity index (χ4n) is 3.70. The van der Waals surface area contributed by atoms with Gasteiger partial charge >= 0.3 is 0 Å². The molecule has 1 atom stereocenters. The molecule has 0 saturated carbocycles. The molecule has 3 aromatic rings. The second-order valence-electron chi connectivity index (χ2n) is 7.14. The number of rotatable bonds is 4. The molecule has 3 heterocycles. The maximum absolute atomic E-state index is 13.4. The zero-order valence-electron chi connectivity index (χ0n) is 16.9. The van der Waals surface area contributed by atoms with Gasteiger partial charge < -0.3 is 5.73 Å². The molecule has 4 rings (SSSR count). The molecule has 0 radical (unpaired) electrons. The van der Waals surface area contributed by atoms with Crippen LogP contribution in [-0.4, -0.2) is 25.2 Å². The Morgan fingerprint density at radius 2 is 2.10 bits per heavy atom. The highest BCUT2D eigenvalue weighted by Crippen LogP contribution is 2.30. The van der Waals surface area contributed by atoms with Crippen molar-refractivity contribution < 1.29 is 9.72 Å². The Kier molecular flexibility index (Phi) is 4.90. The third-order valence-electron chi connectivity index (χ3n) is 5.01. The summed E-state index contributed by atoms with van der Waals surface area (Å²) >= 11 is 1.14.